The molecule has 4 bridgehead atoms. The predicted octanol–water partition coefficient (Wildman–Crippen LogP) is 1.77. The molecule has 2 saturated heterocycles. The molecule has 4 aliphatic carbocycles. The summed E-state index contributed by atoms with van der Waals surface area (Å²) in [5, 5.41) is 18.2. The van der Waals surface area contributed by atoms with Gasteiger partial charge in [-0.25, -0.2) is 9.59 Å². The summed E-state index contributed by atoms with van der Waals surface area (Å²) in [6, 6.07) is 8.22. The van der Waals surface area contributed by atoms with E-state index in [1.807, 2.05) is 30.3 Å². The molecule has 6 aliphatic rings. The Morgan fingerprint density at radius 3 is 2.24 bits per heavy atom. The number of hydrogen-bond donors (Lipinski definition) is 4. The number of aliphatic carboxylic acids is 1. The van der Waals surface area contributed by atoms with Crippen LogP contribution >= 0.6 is 0 Å². The number of benzene rings is 1. The third kappa shape index (κ3) is 4.37. The number of nitrogens with zero attached hydrogens (tertiary/aromatic N) is 2. The smallest absolute Gasteiger partial charge is 0.328 e. The Kier molecular flexibility index (Phi) is 6.44. The van der Waals surface area contributed by atoms with Crippen LogP contribution in [0, 0.1) is 29.6 Å². The number of hydrogen-bond acceptors (Lipinski definition) is 5. The van der Waals surface area contributed by atoms with Crippen LogP contribution in [0.15, 0.2) is 30.3 Å². The molecule has 4 saturated carbocycles. The molecule has 0 radical (unpaired) electrons. The fraction of sp³-hybridized carbons (Fsp3) is 0.643. The van der Waals surface area contributed by atoms with Gasteiger partial charge in [-0.1, -0.05) is 18.2 Å². The van der Waals surface area contributed by atoms with E-state index < -0.39 is 17.6 Å². The maximum absolute atomic E-state index is 13.2. The average molecular weight is 524 g/mol. The zero-order valence-corrected chi connectivity index (χ0v) is 21.6. The molecule has 2 aliphatic heterocycles. The molecule has 38 heavy (non-hydrogen) atoms. The Labute approximate surface area is 222 Å². The van der Waals surface area contributed by atoms with Gasteiger partial charge < -0.3 is 30.9 Å². The van der Waals surface area contributed by atoms with Crippen molar-refractivity contribution in [2.75, 3.05) is 31.2 Å². The van der Waals surface area contributed by atoms with E-state index in [0.29, 0.717) is 44.4 Å². The largest absolute Gasteiger partial charge is 0.480 e. The van der Waals surface area contributed by atoms with Crippen LogP contribution in [-0.4, -0.2) is 71.7 Å². The number of carbonyl (C=O) groups excluding carboxylic acids is 3. The minimum Gasteiger partial charge on any atom is -0.480 e. The Morgan fingerprint density at radius 2 is 1.63 bits per heavy atom. The Balaban J connectivity index is 1.03. The highest BCUT2D eigenvalue weighted by atomic mass is 16.4. The highest BCUT2D eigenvalue weighted by Gasteiger charge is 2.52. The number of piperidine rings is 1. The van der Waals surface area contributed by atoms with Crippen molar-refractivity contribution in [3.05, 3.63) is 30.3 Å². The fourth-order valence-corrected chi connectivity index (χ4v) is 8.23. The number of anilines is 1. The quantitative estimate of drug-likeness (QED) is 0.450. The summed E-state index contributed by atoms with van der Waals surface area (Å²) in [5.41, 5.74) is 0.261. The fourth-order valence-electron chi connectivity index (χ4n) is 8.23. The van der Waals surface area contributed by atoms with Gasteiger partial charge in [0.25, 0.3) is 0 Å². The second-order valence-corrected chi connectivity index (χ2v) is 12.0. The van der Waals surface area contributed by atoms with Gasteiger partial charge in [0.05, 0.1) is 13.2 Å². The number of para-hydroxylation sites is 1. The molecule has 2 heterocycles. The number of carboxylic acid groups (broad SMARTS) is 1. The molecule has 10 nitrogen and oxygen atoms in total. The van der Waals surface area contributed by atoms with Crippen molar-refractivity contribution in [1.29, 1.82) is 0 Å². The summed E-state index contributed by atoms with van der Waals surface area (Å²) < 4.78 is 0. The van der Waals surface area contributed by atoms with Crippen molar-refractivity contribution in [2.45, 2.75) is 56.5 Å². The zero-order chi connectivity index (χ0) is 26.4. The first kappa shape index (κ1) is 25.0. The summed E-state index contributed by atoms with van der Waals surface area (Å²) >= 11 is 0. The summed E-state index contributed by atoms with van der Waals surface area (Å²) in [5.74, 6) is 0.724. The van der Waals surface area contributed by atoms with E-state index in [2.05, 4.69) is 20.9 Å². The van der Waals surface area contributed by atoms with Crippen LogP contribution in [0.4, 0.5) is 10.5 Å². The molecule has 6 fully saturated rings. The van der Waals surface area contributed by atoms with E-state index in [0.717, 1.165) is 43.2 Å². The van der Waals surface area contributed by atoms with Gasteiger partial charge >= 0.3 is 12.0 Å². The van der Waals surface area contributed by atoms with Crippen LogP contribution < -0.4 is 20.9 Å². The maximum atomic E-state index is 13.2. The highest BCUT2D eigenvalue weighted by molar-refractivity contribution is 5.94. The predicted molar refractivity (Wildman–Crippen MR) is 139 cm³/mol. The van der Waals surface area contributed by atoms with Crippen LogP contribution in [0.1, 0.15) is 44.9 Å². The lowest BCUT2D eigenvalue weighted by Crippen LogP contribution is -2.59. The molecule has 4 amide bonds. The lowest BCUT2D eigenvalue weighted by Gasteiger charge is -2.53. The molecule has 1 atom stereocenters. The molecule has 7 rings (SSSR count). The van der Waals surface area contributed by atoms with Crippen LogP contribution in [0.3, 0.4) is 0 Å². The number of rotatable bonds is 6. The summed E-state index contributed by atoms with van der Waals surface area (Å²) in [7, 11) is 0. The van der Waals surface area contributed by atoms with Crippen molar-refractivity contribution < 1.29 is 24.3 Å². The average Bonchev–Trinajstić information content (AvgIpc) is 3.21. The van der Waals surface area contributed by atoms with Gasteiger partial charge in [-0.05, 0) is 80.8 Å². The minimum atomic E-state index is -1.17. The van der Waals surface area contributed by atoms with Crippen molar-refractivity contribution in [3.8, 4) is 0 Å². The van der Waals surface area contributed by atoms with Gasteiger partial charge in [-0.2, -0.15) is 0 Å². The maximum Gasteiger partial charge on any atom is 0.328 e. The molecule has 1 unspecified atom stereocenters. The summed E-state index contributed by atoms with van der Waals surface area (Å²) in [6.45, 7) is 1.01. The number of likely N-dealkylation sites (tertiary alicyclic amines) is 1. The third-order valence-corrected chi connectivity index (χ3v) is 9.88. The van der Waals surface area contributed by atoms with Crippen LogP contribution in [0.25, 0.3) is 0 Å². The molecule has 1 aromatic rings. The summed E-state index contributed by atoms with van der Waals surface area (Å²) in [4.78, 5) is 54.6. The van der Waals surface area contributed by atoms with E-state index in [4.69, 9.17) is 0 Å². The molecule has 10 heteroatoms. The number of carbonyl (C=O) groups is 4. The van der Waals surface area contributed by atoms with Gasteiger partial charge in [-0.3, -0.25) is 9.59 Å². The number of carboxylic acids is 1. The highest BCUT2D eigenvalue weighted by Crippen LogP contribution is 2.56. The van der Waals surface area contributed by atoms with E-state index in [1.165, 1.54) is 6.42 Å². The first-order valence-corrected chi connectivity index (χ1v) is 14.0. The topological polar surface area (TPSA) is 131 Å². The van der Waals surface area contributed by atoms with Gasteiger partial charge in [0.1, 0.15) is 11.6 Å². The van der Waals surface area contributed by atoms with Gasteiger partial charge in [0, 0.05) is 24.7 Å². The molecule has 1 aromatic carbocycles. The Morgan fingerprint density at radius 1 is 1.00 bits per heavy atom. The number of amides is 4. The number of nitrogens with one attached hydrogen (secondary N) is 3. The van der Waals surface area contributed by atoms with Gasteiger partial charge in [0.15, 0.2) is 0 Å². The van der Waals surface area contributed by atoms with Gasteiger partial charge in [-0.15, -0.1) is 0 Å². The molecule has 0 aromatic heterocycles. The van der Waals surface area contributed by atoms with E-state index in [9.17, 15) is 24.3 Å². The first-order chi connectivity index (χ1) is 18.3. The van der Waals surface area contributed by atoms with Crippen LogP contribution in [-0.2, 0) is 14.4 Å². The number of urea groups is 1. The molecular formula is C28H37N5O5. The van der Waals surface area contributed by atoms with Crippen LogP contribution in [0.2, 0.25) is 0 Å². The normalized spacial score (nSPS) is 31.7. The van der Waals surface area contributed by atoms with Crippen LogP contribution in [0.5, 0.6) is 0 Å². The van der Waals surface area contributed by atoms with Crippen molar-refractivity contribution in [1.82, 2.24) is 20.9 Å². The van der Waals surface area contributed by atoms with Crippen molar-refractivity contribution >= 4 is 29.5 Å². The Bertz CT molecular complexity index is 1070. The van der Waals surface area contributed by atoms with Crippen molar-refractivity contribution in [2.24, 2.45) is 29.6 Å². The molecule has 204 valence electrons. The third-order valence-electron chi connectivity index (χ3n) is 9.88. The second kappa shape index (κ2) is 9.78. The standard InChI is InChI=1S/C28H37N5O5/c34-24(23-19-11-17-10-18(13-19)14-20(23)12-17)31-22(25(35)36)15-29-27(38)32-8-6-28(7-9-32)26(37)30-16-33(28)21-4-2-1-3-5-21/h1-5,17-20,22-23H,6-16H2,(H,29,38)(H,30,37)(H,31,34)(H,35,36). The lowest BCUT2D eigenvalue weighted by molar-refractivity contribution is -0.146. The molecule has 1 spiro atoms. The summed E-state index contributed by atoms with van der Waals surface area (Å²) in [6.07, 6.45) is 6.56. The monoisotopic (exact) mass is 523 g/mol. The molecule has 4 N–H and O–H groups in total. The zero-order valence-electron chi connectivity index (χ0n) is 21.6. The first-order valence-electron chi connectivity index (χ1n) is 14.0. The van der Waals surface area contributed by atoms with E-state index in [-0.39, 0.29) is 30.3 Å². The lowest BCUT2D eigenvalue weighted by atomic mass is 9.51. The van der Waals surface area contributed by atoms with E-state index in [1.54, 1.807) is 4.90 Å². The Hall–Kier alpha value is -3.30. The molecular weight excluding hydrogens is 486 g/mol. The minimum absolute atomic E-state index is 0.0279. The second-order valence-electron chi connectivity index (χ2n) is 12.0. The van der Waals surface area contributed by atoms with Gasteiger partial charge in [0.2, 0.25) is 11.8 Å². The van der Waals surface area contributed by atoms with Crippen molar-refractivity contribution in [3.63, 3.8) is 0 Å². The van der Waals surface area contributed by atoms with E-state index >= 15 is 0 Å². The SMILES string of the molecule is O=C(O)C(CNC(=O)N1CCC2(CC1)C(=O)NCN2c1ccccc1)NC(=O)C1C2CC3CC(C2)CC1C3.